The third kappa shape index (κ3) is 3.02. The molecule has 0 aromatic heterocycles. The molecule has 0 amide bonds. The molecule has 0 N–H and O–H groups in total. The van der Waals surface area contributed by atoms with E-state index in [-0.39, 0.29) is 5.56 Å². The Kier molecular flexibility index (Phi) is 4.23. The van der Waals surface area contributed by atoms with Crippen LogP contribution in [-0.2, 0) is 4.74 Å². The maximum Gasteiger partial charge on any atom is 0.443 e. The first-order chi connectivity index (χ1) is 10.9. The van der Waals surface area contributed by atoms with Gasteiger partial charge >= 0.3 is 18.0 Å². The lowest BCUT2D eigenvalue weighted by Crippen LogP contribution is -2.57. The van der Waals surface area contributed by atoms with Crippen LogP contribution in [-0.4, -0.2) is 48.9 Å². The molecule has 0 saturated heterocycles. The number of benzene rings is 1. The van der Waals surface area contributed by atoms with E-state index in [2.05, 4.69) is 9.98 Å². The van der Waals surface area contributed by atoms with Gasteiger partial charge in [0.05, 0.1) is 0 Å². The lowest BCUT2D eigenvalue weighted by Gasteiger charge is -2.34. The summed E-state index contributed by atoms with van der Waals surface area (Å²) in [5.41, 5.74) is -4.97. The first-order valence-corrected chi connectivity index (χ1v) is 6.31. The van der Waals surface area contributed by atoms with Crippen molar-refractivity contribution in [3.05, 3.63) is 35.6 Å². The van der Waals surface area contributed by atoms with Gasteiger partial charge in [0.1, 0.15) is 5.82 Å². The average molecular weight is 357 g/mol. The second kappa shape index (κ2) is 5.64. The molecule has 0 unspecified atom stereocenters. The summed E-state index contributed by atoms with van der Waals surface area (Å²) < 4.78 is 97.1. The molecule has 0 fully saturated rings. The molecule has 1 aliphatic rings. The summed E-state index contributed by atoms with van der Waals surface area (Å²) in [5.74, 6) is -1.70. The van der Waals surface area contributed by atoms with E-state index in [1.54, 1.807) is 0 Å². The van der Waals surface area contributed by atoms with Crippen LogP contribution in [0.2, 0.25) is 0 Å². The molecule has 1 heterocycles. The third-order valence-electron chi connectivity index (χ3n) is 2.97. The number of hydrogen-bond donors (Lipinski definition) is 0. The minimum absolute atomic E-state index is 0.261. The van der Waals surface area contributed by atoms with Gasteiger partial charge in [0.25, 0.3) is 6.02 Å². The van der Waals surface area contributed by atoms with Gasteiger partial charge in [-0.1, -0.05) is 0 Å². The molecule has 24 heavy (non-hydrogen) atoms. The number of amidine groups is 1. The summed E-state index contributed by atoms with van der Waals surface area (Å²) in [7, 11) is 2.31. The summed E-state index contributed by atoms with van der Waals surface area (Å²) in [6.07, 6.45) is -11.7. The van der Waals surface area contributed by atoms with Crippen LogP contribution in [0.25, 0.3) is 0 Å². The van der Waals surface area contributed by atoms with Gasteiger partial charge in [0.2, 0.25) is 5.90 Å². The molecule has 4 nitrogen and oxygen atoms in total. The summed E-state index contributed by atoms with van der Waals surface area (Å²) in [6.45, 7) is 0. The molecule has 0 atom stereocenters. The van der Waals surface area contributed by atoms with E-state index >= 15 is 0 Å². The Balaban J connectivity index is 2.69. The Morgan fingerprint density at radius 2 is 1.42 bits per heavy atom. The predicted molar refractivity (Wildman–Crippen MR) is 70.0 cm³/mol. The summed E-state index contributed by atoms with van der Waals surface area (Å²) in [4.78, 5) is 6.19. The van der Waals surface area contributed by atoms with Crippen molar-refractivity contribution >= 4 is 11.9 Å². The molecule has 0 saturated carbocycles. The Morgan fingerprint density at radius 3 is 1.83 bits per heavy atom. The molecule has 0 bridgehead atoms. The summed E-state index contributed by atoms with van der Waals surface area (Å²) >= 11 is 0. The Hall–Kier alpha value is -2.33. The normalized spacial score (nSPS) is 17.7. The van der Waals surface area contributed by atoms with Crippen molar-refractivity contribution in [1.29, 1.82) is 0 Å². The van der Waals surface area contributed by atoms with Gasteiger partial charge < -0.3 is 9.64 Å². The summed E-state index contributed by atoms with van der Waals surface area (Å²) in [5, 5.41) is 0. The number of hydrogen-bond acceptors (Lipinski definition) is 4. The zero-order chi connectivity index (χ0) is 18.3. The SMILES string of the molecule is CN(C)C1=NC(C(F)(F)F)(C(F)(F)F)N=C(c2ccc(F)cc2)O1. The van der Waals surface area contributed by atoms with Gasteiger partial charge in [0, 0.05) is 19.7 Å². The number of nitrogens with zero attached hydrogens (tertiary/aromatic N) is 3. The molecule has 2 rings (SSSR count). The van der Waals surface area contributed by atoms with E-state index in [0.717, 1.165) is 43.3 Å². The zero-order valence-electron chi connectivity index (χ0n) is 12.2. The molecule has 132 valence electrons. The number of rotatable bonds is 1. The predicted octanol–water partition coefficient (Wildman–Crippen LogP) is 3.34. The van der Waals surface area contributed by atoms with Crippen molar-refractivity contribution in [3.8, 4) is 0 Å². The summed E-state index contributed by atoms with van der Waals surface area (Å²) in [6, 6.07) is 2.67. The molecular formula is C13H10F7N3O. The highest BCUT2D eigenvalue weighted by Crippen LogP contribution is 2.48. The fourth-order valence-electron chi connectivity index (χ4n) is 1.76. The lowest BCUT2D eigenvalue weighted by atomic mass is 10.1. The van der Waals surface area contributed by atoms with Gasteiger partial charge in [-0.05, 0) is 24.3 Å². The minimum atomic E-state index is -5.86. The molecule has 0 radical (unpaired) electrons. The van der Waals surface area contributed by atoms with E-state index in [1.165, 1.54) is 0 Å². The molecule has 11 heteroatoms. The fourth-order valence-corrected chi connectivity index (χ4v) is 1.76. The van der Waals surface area contributed by atoms with Crippen LogP contribution in [0.5, 0.6) is 0 Å². The highest BCUT2D eigenvalue weighted by atomic mass is 19.4. The topological polar surface area (TPSA) is 37.2 Å². The van der Waals surface area contributed by atoms with Crippen molar-refractivity contribution in [3.63, 3.8) is 0 Å². The average Bonchev–Trinajstić information content (AvgIpc) is 2.45. The lowest BCUT2D eigenvalue weighted by molar-refractivity contribution is -0.293. The Morgan fingerprint density at radius 1 is 0.917 bits per heavy atom. The van der Waals surface area contributed by atoms with Crippen LogP contribution in [0.4, 0.5) is 30.7 Å². The molecule has 1 aliphatic heterocycles. The van der Waals surface area contributed by atoms with E-state index < -0.39 is 35.8 Å². The van der Waals surface area contributed by atoms with Crippen molar-refractivity contribution in [1.82, 2.24) is 4.90 Å². The van der Waals surface area contributed by atoms with Gasteiger partial charge in [-0.25, -0.2) is 9.38 Å². The van der Waals surface area contributed by atoms with Crippen LogP contribution in [0.3, 0.4) is 0 Å². The van der Waals surface area contributed by atoms with Crippen molar-refractivity contribution < 1.29 is 35.5 Å². The van der Waals surface area contributed by atoms with Gasteiger partial charge in [-0.3, -0.25) is 0 Å². The first-order valence-electron chi connectivity index (χ1n) is 6.31. The standard InChI is InChI=1S/C13H10F7N3O/c1-23(2)10-22-11(12(15,16)17,13(18,19)20)21-9(24-10)7-3-5-8(14)6-4-7/h3-6H,1-2H3. The fraction of sp³-hybridized carbons (Fsp3) is 0.385. The van der Waals surface area contributed by atoms with Gasteiger partial charge in [0.15, 0.2) is 0 Å². The Labute approximate surface area is 131 Å². The van der Waals surface area contributed by atoms with Crippen molar-refractivity contribution in [2.24, 2.45) is 9.98 Å². The zero-order valence-corrected chi connectivity index (χ0v) is 12.2. The van der Waals surface area contributed by atoms with Crippen LogP contribution < -0.4 is 0 Å². The van der Waals surface area contributed by atoms with E-state index in [0.29, 0.717) is 0 Å². The van der Waals surface area contributed by atoms with Crippen molar-refractivity contribution in [2.75, 3.05) is 14.1 Å². The minimum Gasteiger partial charge on any atom is -0.406 e. The molecule has 1 aromatic carbocycles. The quantitative estimate of drug-likeness (QED) is 0.723. The Bertz CT molecular complexity index is 660. The van der Waals surface area contributed by atoms with Crippen LogP contribution in [0.1, 0.15) is 5.56 Å². The van der Waals surface area contributed by atoms with Gasteiger partial charge in [-0.15, -0.1) is 0 Å². The van der Waals surface area contributed by atoms with E-state index in [1.807, 2.05) is 0 Å². The molecule has 0 spiro atoms. The van der Waals surface area contributed by atoms with Crippen LogP contribution in [0, 0.1) is 5.82 Å². The number of alkyl halides is 6. The first kappa shape index (κ1) is 18.0. The number of ether oxygens (including phenoxy) is 1. The highest BCUT2D eigenvalue weighted by Gasteiger charge is 2.74. The maximum atomic E-state index is 13.2. The molecular weight excluding hydrogens is 347 g/mol. The number of halogens is 7. The monoisotopic (exact) mass is 357 g/mol. The smallest absolute Gasteiger partial charge is 0.406 e. The maximum absolute atomic E-state index is 13.2. The third-order valence-corrected chi connectivity index (χ3v) is 2.97. The highest BCUT2D eigenvalue weighted by molar-refractivity contribution is 6.02. The second-order valence-electron chi connectivity index (χ2n) is 4.98. The van der Waals surface area contributed by atoms with Gasteiger partial charge in [-0.2, -0.15) is 31.3 Å². The van der Waals surface area contributed by atoms with Crippen molar-refractivity contribution in [2.45, 2.75) is 18.0 Å². The second-order valence-corrected chi connectivity index (χ2v) is 4.98. The molecule has 0 aliphatic carbocycles. The van der Waals surface area contributed by atoms with Crippen LogP contribution >= 0.6 is 0 Å². The number of aliphatic imine (C=N–C) groups is 2. The van der Waals surface area contributed by atoms with E-state index in [4.69, 9.17) is 4.74 Å². The van der Waals surface area contributed by atoms with Crippen LogP contribution in [0.15, 0.2) is 34.3 Å². The largest absolute Gasteiger partial charge is 0.443 e. The molecule has 1 aromatic rings. The van der Waals surface area contributed by atoms with E-state index in [9.17, 15) is 30.7 Å².